The molecular weight excluding hydrogens is 336 g/mol. The summed E-state index contributed by atoms with van der Waals surface area (Å²) in [5.74, 6) is 0.655. The van der Waals surface area contributed by atoms with E-state index in [0.29, 0.717) is 22.6 Å². The normalized spacial score (nSPS) is 20.7. The number of amides is 1. The highest BCUT2D eigenvalue weighted by molar-refractivity contribution is 6.34. The number of rotatable bonds is 4. The molecule has 1 spiro atoms. The Labute approximate surface area is 156 Å². The fraction of sp³-hybridized carbons (Fsp3) is 0.650. The van der Waals surface area contributed by atoms with Gasteiger partial charge in [-0.15, -0.1) is 0 Å². The Kier molecular flexibility index (Phi) is 6.75. The number of hydrogen-bond acceptors (Lipinski definition) is 3. The summed E-state index contributed by atoms with van der Waals surface area (Å²) < 4.78 is 0. The second kappa shape index (κ2) is 8.41. The van der Waals surface area contributed by atoms with E-state index in [1.165, 1.54) is 19.3 Å². The highest BCUT2D eigenvalue weighted by Crippen LogP contribution is 2.60. The van der Waals surface area contributed by atoms with Crippen molar-refractivity contribution in [1.29, 1.82) is 0 Å². The number of nitrogens with zero attached hydrogens (tertiary/aromatic N) is 2. The number of carbonyl (C=O) groups is 1. The second-order valence-electron chi connectivity index (χ2n) is 7.13. The first-order valence-corrected chi connectivity index (χ1v) is 9.72. The van der Waals surface area contributed by atoms with Crippen molar-refractivity contribution in [3.63, 3.8) is 0 Å². The summed E-state index contributed by atoms with van der Waals surface area (Å²) in [5, 5.41) is 9.62. The van der Waals surface area contributed by atoms with Crippen LogP contribution in [0.5, 0.6) is 0 Å². The molecule has 1 amide bonds. The quantitative estimate of drug-likeness (QED) is 0.873. The van der Waals surface area contributed by atoms with Crippen molar-refractivity contribution in [1.82, 2.24) is 4.90 Å². The SMILES string of the molecule is CC.CN(C)C(=O)c1ccc(N2CCC3(CC2)CC3CCO)cc1Cl. The van der Waals surface area contributed by atoms with Crippen molar-refractivity contribution in [2.75, 3.05) is 38.7 Å². The van der Waals surface area contributed by atoms with E-state index < -0.39 is 0 Å². The molecule has 1 aromatic rings. The van der Waals surface area contributed by atoms with Gasteiger partial charge < -0.3 is 14.9 Å². The first-order chi connectivity index (χ1) is 12.0. The van der Waals surface area contributed by atoms with Crippen LogP contribution in [-0.2, 0) is 0 Å². The average molecular weight is 367 g/mol. The number of benzene rings is 1. The van der Waals surface area contributed by atoms with E-state index >= 15 is 0 Å². The summed E-state index contributed by atoms with van der Waals surface area (Å²) in [6.45, 7) is 6.37. The third-order valence-electron chi connectivity index (χ3n) is 5.55. The van der Waals surface area contributed by atoms with Crippen LogP contribution in [0.4, 0.5) is 5.69 Å². The van der Waals surface area contributed by atoms with Gasteiger partial charge in [0, 0.05) is 39.5 Å². The number of halogens is 1. The van der Waals surface area contributed by atoms with E-state index in [1.54, 1.807) is 19.0 Å². The van der Waals surface area contributed by atoms with Gasteiger partial charge in [0.1, 0.15) is 0 Å². The Hall–Kier alpha value is -1.26. The molecule has 1 aliphatic carbocycles. The first-order valence-electron chi connectivity index (χ1n) is 9.34. The molecule has 1 unspecified atom stereocenters. The molecule has 2 fully saturated rings. The number of carbonyl (C=O) groups excluding carboxylic acids is 1. The van der Waals surface area contributed by atoms with E-state index in [0.717, 1.165) is 31.1 Å². The van der Waals surface area contributed by atoms with Gasteiger partial charge in [-0.3, -0.25) is 4.79 Å². The number of hydrogen-bond donors (Lipinski definition) is 1. The van der Waals surface area contributed by atoms with Gasteiger partial charge in [0.2, 0.25) is 0 Å². The Morgan fingerprint density at radius 3 is 2.48 bits per heavy atom. The average Bonchev–Trinajstić information content (AvgIpc) is 3.28. The van der Waals surface area contributed by atoms with Gasteiger partial charge in [0.25, 0.3) is 5.91 Å². The van der Waals surface area contributed by atoms with Crippen molar-refractivity contribution < 1.29 is 9.90 Å². The third-order valence-corrected chi connectivity index (χ3v) is 5.86. The number of aliphatic hydroxyl groups is 1. The molecule has 140 valence electrons. The maximum absolute atomic E-state index is 12.1. The van der Waals surface area contributed by atoms with Crippen LogP contribution in [0.1, 0.15) is 49.9 Å². The molecule has 2 aliphatic rings. The Morgan fingerprint density at radius 1 is 1.32 bits per heavy atom. The molecule has 0 radical (unpaired) electrons. The molecular formula is C20H31ClN2O2. The van der Waals surface area contributed by atoms with Gasteiger partial charge in [0.15, 0.2) is 0 Å². The monoisotopic (exact) mass is 366 g/mol. The summed E-state index contributed by atoms with van der Waals surface area (Å²) in [7, 11) is 3.46. The maximum atomic E-state index is 12.1. The minimum atomic E-state index is -0.0658. The molecule has 1 saturated heterocycles. The summed E-state index contributed by atoms with van der Waals surface area (Å²) in [6.07, 6.45) is 4.60. The molecule has 4 nitrogen and oxygen atoms in total. The van der Waals surface area contributed by atoms with E-state index in [-0.39, 0.29) is 5.91 Å². The largest absolute Gasteiger partial charge is 0.396 e. The van der Waals surface area contributed by atoms with Crippen molar-refractivity contribution >= 4 is 23.2 Å². The summed E-state index contributed by atoms with van der Waals surface area (Å²) in [5.41, 5.74) is 2.14. The van der Waals surface area contributed by atoms with Crippen molar-refractivity contribution in [2.24, 2.45) is 11.3 Å². The highest BCUT2D eigenvalue weighted by atomic mass is 35.5. The minimum Gasteiger partial charge on any atom is -0.396 e. The molecule has 1 heterocycles. The van der Waals surface area contributed by atoms with Gasteiger partial charge in [-0.1, -0.05) is 25.4 Å². The van der Waals surface area contributed by atoms with Gasteiger partial charge in [-0.2, -0.15) is 0 Å². The third kappa shape index (κ3) is 4.29. The van der Waals surface area contributed by atoms with Crippen molar-refractivity contribution in [3.8, 4) is 0 Å². The molecule has 1 aliphatic heterocycles. The predicted octanol–water partition coefficient (Wildman–Crippen LogP) is 4.06. The van der Waals surface area contributed by atoms with E-state index in [4.69, 9.17) is 16.7 Å². The summed E-state index contributed by atoms with van der Waals surface area (Å²) >= 11 is 6.32. The molecule has 1 N–H and O–H groups in total. The standard InChI is InChI=1S/C18H25ClN2O2.C2H6/c1-20(2)17(23)15-4-3-14(11-16(15)19)21-8-6-18(7-9-21)12-13(18)5-10-22;1-2/h3-4,11,13,22H,5-10,12H2,1-2H3;1-2H3. The van der Waals surface area contributed by atoms with Crippen LogP contribution in [-0.4, -0.2) is 49.7 Å². The lowest BCUT2D eigenvalue weighted by atomic mass is 9.90. The lowest BCUT2D eigenvalue weighted by Crippen LogP contribution is -2.35. The van der Waals surface area contributed by atoms with Crippen molar-refractivity contribution in [2.45, 2.75) is 39.5 Å². The zero-order chi connectivity index (χ0) is 18.6. The highest BCUT2D eigenvalue weighted by Gasteiger charge is 2.53. The molecule has 1 atom stereocenters. The van der Waals surface area contributed by atoms with Crippen molar-refractivity contribution in [3.05, 3.63) is 28.8 Å². The number of piperidine rings is 1. The molecule has 0 bridgehead atoms. The minimum absolute atomic E-state index is 0.0658. The van der Waals surface area contributed by atoms with Gasteiger partial charge in [-0.05, 0) is 55.2 Å². The summed E-state index contributed by atoms with van der Waals surface area (Å²) in [4.78, 5) is 15.9. The van der Waals surface area contributed by atoms with Crippen LogP contribution in [0.3, 0.4) is 0 Å². The first kappa shape index (κ1) is 20.1. The topological polar surface area (TPSA) is 43.8 Å². The Bertz CT molecular complexity index is 595. The molecule has 25 heavy (non-hydrogen) atoms. The van der Waals surface area contributed by atoms with E-state index in [2.05, 4.69) is 4.90 Å². The van der Waals surface area contributed by atoms with E-state index in [1.807, 2.05) is 32.0 Å². The smallest absolute Gasteiger partial charge is 0.254 e. The molecule has 1 aromatic carbocycles. The predicted molar refractivity (Wildman–Crippen MR) is 105 cm³/mol. The Morgan fingerprint density at radius 2 is 1.96 bits per heavy atom. The molecule has 1 saturated carbocycles. The fourth-order valence-electron chi connectivity index (χ4n) is 3.93. The number of aliphatic hydroxyl groups excluding tert-OH is 1. The molecule has 5 heteroatoms. The van der Waals surface area contributed by atoms with Crippen LogP contribution in [0.25, 0.3) is 0 Å². The van der Waals surface area contributed by atoms with E-state index in [9.17, 15) is 4.79 Å². The zero-order valence-electron chi connectivity index (χ0n) is 15.9. The summed E-state index contributed by atoms with van der Waals surface area (Å²) in [6, 6.07) is 5.74. The van der Waals surface area contributed by atoms with Crippen LogP contribution in [0.2, 0.25) is 5.02 Å². The number of anilines is 1. The maximum Gasteiger partial charge on any atom is 0.254 e. The van der Waals surface area contributed by atoms with Crippen LogP contribution >= 0.6 is 11.6 Å². The van der Waals surface area contributed by atoms with Crippen LogP contribution in [0.15, 0.2) is 18.2 Å². The van der Waals surface area contributed by atoms with Crippen LogP contribution < -0.4 is 4.90 Å². The van der Waals surface area contributed by atoms with Gasteiger partial charge >= 0.3 is 0 Å². The Balaban J connectivity index is 0.00000109. The second-order valence-corrected chi connectivity index (χ2v) is 7.53. The lowest BCUT2D eigenvalue weighted by Gasteiger charge is -2.35. The zero-order valence-corrected chi connectivity index (χ0v) is 16.6. The fourth-order valence-corrected chi connectivity index (χ4v) is 4.19. The molecule has 0 aromatic heterocycles. The molecule has 3 rings (SSSR count). The van der Waals surface area contributed by atoms with Gasteiger partial charge in [-0.25, -0.2) is 0 Å². The van der Waals surface area contributed by atoms with Crippen LogP contribution in [0, 0.1) is 11.3 Å². The van der Waals surface area contributed by atoms with Gasteiger partial charge in [0.05, 0.1) is 10.6 Å². The lowest BCUT2D eigenvalue weighted by molar-refractivity contribution is 0.0828.